The smallest absolute Gasteiger partial charge is 0.157 e. The average molecular weight is 268 g/mol. The molecule has 18 heavy (non-hydrogen) atoms. The molecule has 0 bridgehead atoms. The van der Waals surface area contributed by atoms with E-state index >= 15 is 0 Å². The van der Waals surface area contributed by atoms with Crippen LogP contribution in [0.2, 0.25) is 0 Å². The highest BCUT2D eigenvalue weighted by atomic mass is 32.2. The number of thioether (sulfide) groups is 1. The molecule has 1 heterocycles. The Morgan fingerprint density at radius 1 is 1.56 bits per heavy atom. The van der Waals surface area contributed by atoms with Gasteiger partial charge in [-0.1, -0.05) is 23.9 Å². The standard InChI is InChI=1S/C13H17FN2OS/c1-17-6-5-12-9-18-13(16-12)15-8-10-3-2-4-11(14)7-10/h2-4,7,12H,5-6,8-9H2,1H3,(H,15,16). The van der Waals surface area contributed by atoms with Crippen molar-refractivity contribution in [2.75, 3.05) is 19.5 Å². The zero-order valence-electron chi connectivity index (χ0n) is 10.4. The van der Waals surface area contributed by atoms with Crippen molar-refractivity contribution in [2.45, 2.75) is 19.0 Å². The average Bonchev–Trinajstić information content (AvgIpc) is 2.82. The van der Waals surface area contributed by atoms with Gasteiger partial charge in [-0.2, -0.15) is 0 Å². The van der Waals surface area contributed by atoms with E-state index in [4.69, 9.17) is 4.74 Å². The number of nitrogens with zero attached hydrogens (tertiary/aromatic N) is 1. The minimum absolute atomic E-state index is 0.210. The number of benzene rings is 1. The van der Waals surface area contributed by atoms with Crippen molar-refractivity contribution < 1.29 is 9.13 Å². The number of methoxy groups -OCH3 is 1. The quantitative estimate of drug-likeness (QED) is 0.890. The Bertz CT molecular complexity index is 425. The monoisotopic (exact) mass is 268 g/mol. The van der Waals surface area contributed by atoms with E-state index in [9.17, 15) is 4.39 Å². The van der Waals surface area contributed by atoms with Gasteiger partial charge in [-0.05, 0) is 24.1 Å². The van der Waals surface area contributed by atoms with Gasteiger partial charge in [-0.25, -0.2) is 4.39 Å². The summed E-state index contributed by atoms with van der Waals surface area (Å²) in [6.45, 7) is 1.28. The predicted octanol–water partition coefficient (Wildman–Crippen LogP) is 2.42. The van der Waals surface area contributed by atoms with Gasteiger partial charge < -0.3 is 10.1 Å². The first-order chi connectivity index (χ1) is 8.78. The largest absolute Gasteiger partial charge is 0.385 e. The lowest BCUT2D eigenvalue weighted by atomic mass is 10.2. The summed E-state index contributed by atoms with van der Waals surface area (Å²) in [7, 11) is 1.71. The van der Waals surface area contributed by atoms with Gasteiger partial charge in [0.25, 0.3) is 0 Å². The van der Waals surface area contributed by atoms with Crippen molar-refractivity contribution in [3.8, 4) is 0 Å². The summed E-state index contributed by atoms with van der Waals surface area (Å²) in [5.41, 5.74) is 0.894. The molecule has 1 saturated heterocycles. The number of amidine groups is 1. The molecule has 1 aromatic rings. The lowest BCUT2D eigenvalue weighted by Gasteiger charge is -2.08. The van der Waals surface area contributed by atoms with E-state index in [0.717, 1.165) is 29.5 Å². The molecule has 0 amide bonds. The van der Waals surface area contributed by atoms with E-state index in [1.54, 1.807) is 24.9 Å². The van der Waals surface area contributed by atoms with E-state index in [0.29, 0.717) is 12.6 Å². The molecule has 1 N–H and O–H groups in total. The van der Waals surface area contributed by atoms with Crippen LogP contribution in [-0.4, -0.2) is 30.7 Å². The molecule has 1 fully saturated rings. The van der Waals surface area contributed by atoms with Crippen molar-refractivity contribution in [3.63, 3.8) is 0 Å². The number of rotatable bonds is 5. The number of hydrogen-bond acceptors (Lipinski definition) is 3. The van der Waals surface area contributed by atoms with Crippen LogP contribution >= 0.6 is 11.8 Å². The molecular formula is C13H17FN2OS. The summed E-state index contributed by atoms with van der Waals surface area (Å²) < 4.78 is 18.0. The minimum atomic E-state index is -0.210. The summed E-state index contributed by atoms with van der Waals surface area (Å²) in [4.78, 5) is 4.45. The summed E-state index contributed by atoms with van der Waals surface area (Å²) in [5.74, 6) is 0.809. The van der Waals surface area contributed by atoms with Crippen LogP contribution < -0.4 is 5.32 Å². The van der Waals surface area contributed by atoms with E-state index in [1.165, 1.54) is 12.1 Å². The van der Waals surface area contributed by atoms with Crippen LogP contribution in [0.3, 0.4) is 0 Å². The maximum atomic E-state index is 13.0. The Morgan fingerprint density at radius 3 is 3.22 bits per heavy atom. The Kier molecular flexibility index (Phi) is 5.01. The second-order valence-electron chi connectivity index (χ2n) is 4.19. The molecule has 98 valence electrons. The molecule has 1 atom stereocenters. The molecule has 3 nitrogen and oxygen atoms in total. The van der Waals surface area contributed by atoms with Crippen LogP contribution in [-0.2, 0) is 11.3 Å². The van der Waals surface area contributed by atoms with Gasteiger partial charge in [-0.3, -0.25) is 4.99 Å². The van der Waals surface area contributed by atoms with Crippen LogP contribution in [0.1, 0.15) is 12.0 Å². The second-order valence-corrected chi connectivity index (χ2v) is 5.19. The van der Waals surface area contributed by atoms with E-state index in [1.807, 2.05) is 6.07 Å². The van der Waals surface area contributed by atoms with E-state index < -0.39 is 0 Å². The van der Waals surface area contributed by atoms with E-state index in [2.05, 4.69) is 10.3 Å². The molecule has 1 aliphatic rings. The highest BCUT2D eigenvalue weighted by Gasteiger charge is 2.19. The Hall–Kier alpha value is -1.07. The molecular weight excluding hydrogens is 251 g/mol. The number of hydrogen-bond donors (Lipinski definition) is 1. The molecule has 5 heteroatoms. The maximum absolute atomic E-state index is 13.0. The first-order valence-corrected chi connectivity index (χ1v) is 6.93. The van der Waals surface area contributed by atoms with Crippen molar-refractivity contribution in [1.29, 1.82) is 0 Å². The third-order valence-electron chi connectivity index (χ3n) is 2.71. The van der Waals surface area contributed by atoms with Crippen molar-refractivity contribution in [3.05, 3.63) is 35.6 Å². The SMILES string of the molecule is COCCC1CSC(=NCc2cccc(F)c2)N1. The van der Waals surface area contributed by atoms with Gasteiger partial charge >= 0.3 is 0 Å². The predicted molar refractivity (Wildman–Crippen MR) is 73.4 cm³/mol. The van der Waals surface area contributed by atoms with Gasteiger partial charge in [0.15, 0.2) is 5.17 Å². The van der Waals surface area contributed by atoms with Crippen LogP contribution in [0.4, 0.5) is 4.39 Å². The first-order valence-electron chi connectivity index (χ1n) is 5.95. The van der Waals surface area contributed by atoms with E-state index in [-0.39, 0.29) is 5.82 Å². The zero-order valence-corrected chi connectivity index (χ0v) is 11.2. The van der Waals surface area contributed by atoms with Crippen LogP contribution in [0, 0.1) is 5.82 Å². The van der Waals surface area contributed by atoms with Crippen LogP contribution in [0.15, 0.2) is 29.3 Å². The van der Waals surface area contributed by atoms with Gasteiger partial charge in [0.05, 0.1) is 6.54 Å². The zero-order chi connectivity index (χ0) is 12.8. The summed E-state index contributed by atoms with van der Waals surface area (Å²) in [5, 5.41) is 4.29. The molecule has 2 rings (SSSR count). The highest BCUT2D eigenvalue weighted by Crippen LogP contribution is 2.17. The van der Waals surface area contributed by atoms with Gasteiger partial charge in [-0.15, -0.1) is 0 Å². The Balaban J connectivity index is 1.84. The molecule has 0 radical (unpaired) electrons. The Morgan fingerprint density at radius 2 is 2.44 bits per heavy atom. The first kappa shape index (κ1) is 13.4. The normalized spacial score (nSPS) is 21.2. The minimum Gasteiger partial charge on any atom is -0.385 e. The second kappa shape index (κ2) is 6.75. The lowest BCUT2D eigenvalue weighted by molar-refractivity contribution is 0.188. The third-order valence-corrected chi connectivity index (χ3v) is 3.80. The maximum Gasteiger partial charge on any atom is 0.157 e. The molecule has 1 unspecified atom stereocenters. The molecule has 0 saturated carbocycles. The van der Waals surface area contributed by atoms with Gasteiger partial charge in [0.2, 0.25) is 0 Å². The van der Waals surface area contributed by atoms with Crippen molar-refractivity contribution in [1.82, 2.24) is 5.32 Å². The molecule has 1 aliphatic heterocycles. The number of aliphatic imine (C=N–C) groups is 1. The lowest BCUT2D eigenvalue weighted by Crippen LogP contribution is -2.28. The fourth-order valence-electron chi connectivity index (χ4n) is 1.74. The molecule has 0 aliphatic carbocycles. The fourth-order valence-corrected chi connectivity index (χ4v) is 2.76. The Labute approximate surface area is 111 Å². The van der Waals surface area contributed by atoms with Gasteiger partial charge in [0, 0.05) is 25.5 Å². The fraction of sp³-hybridized carbons (Fsp3) is 0.462. The number of halogens is 1. The number of nitrogens with one attached hydrogen (secondary N) is 1. The summed E-state index contributed by atoms with van der Waals surface area (Å²) in [6.07, 6.45) is 0.989. The molecule has 0 spiro atoms. The summed E-state index contributed by atoms with van der Waals surface area (Å²) in [6, 6.07) is 6.99. The molecule has 1 aromatic carbocycles. The number of ether oxygens (including phenoxy) is 1. The van der Waals surface area contributed by atoms with Crippen LogP contribution in [0.5, 0.6) is 0 Å². The highest BCUT2D eigenvalue weighted by molar-refractivity contribution is 8.14. The topological polar surface area (TPSA) is 33.6 Å². The van der Waals surface area contributed by atoms with Crippen molar-refractivity contribution in [2.24, 2.45) is 4.99 Å². The van der Waals surface area contributed by atoms with Crippen LogP contribution in [0.25, 0.3) is 0 Å². The third kappa shape index (κ3) is 3.99. The van der Waals surface area contributed by atoms with Gasteiger partial charge in [0.1, 0.15) is 5.82 Å². The van der Waals surface area contributed by atoms with Crippen molar-refractivity contribution >= 4 is 16.9 Å². The molecule has 0 aromatic heterocycles. The summed E-state index contributed by atoms with van der Waals surface area (Å²) >= 11 is 1.71.